The van der Waals surface area contributed by atoms with Gasteiger partial charge < -0.3 is 9.45 Å². The first-order valence-electron chi connectivity index (χ1n) is 6.19. The van der Waals surface area contributed by atoms with E-state index in [1.54, 1.807) is 12.1 Å². The fourth-order valence-corrected chi connectivity index (χ4v) is 1.95. The average molecular weight is 293 g/mol. The van der Waals surface area contributed by atoms with Crippen LogP contribution in [0.5, 0.6) is 0 Å². The van der Waals surface area contributed by atoms with E-state index in [9.17, 15) is 13.0 Å². The van der Waals surface area contributed by atoms with E-state index in [1.165, 1.54) is 22.7 Å². The number of aryl methyl sites for hydroxylation is 1. The molecular formula is C15H19NO3S. The number of quaternary nitrogens is 1. The second-order valence-corrected chi connectivity index (χ2v) is 6.01. The molecule has 20 heavy (non-hydrogen) atoms. The van der Waals surface area contributed by atoms with Crippen molar-refractivity contribution in [1.29, 1.82) is 0 Å². The van der Waals surface area contributed by atoms with Gasteiger partial charge in [-0.25, -0.2) is 8.42 Å². The van der Waals surface area contributed by atoms with Gasteiger partial charge in [0.1, 0.15) is 15.8 Å². The van der Waals surface area contributed by atoms with Crippen molar-refractivity contribution in [3.63, 3.8) is 0 Å². The summed E-state index contributed by atoms with van der Waals surface area (Å²) in [5.41, 5.74) is 2.26. The first-order chi connectivity index (χ1) is 9.30. The second kappa shape index (κ2) is 7.19. The smallest absolute Gasteiger partial charge is 0.130 e. The Morgan fingerprint density at radius 2 is 1.40 bits per heavy atom. The maximum atomic E-state index is 10.4. The number of para-hydroxylation sites is 1. The van der Waals surface area contributed by atoms with Crippen LogP contribution in [0.25, 0.3) is 0 Å². The topological polar surface area (TPSA) is 61.6 Å². The lowest BCUT2D eigenvalue weighted by Crippen LogP contribution is -3.00. The number of hydrogen-bond acceptors (Lipinski definition) is 3. The molecule has 0 fully saturated rings. The van der Waals surface area contributed by atoms with Gasteiger partial charge in [0.05, 0.1) is 19.0 Å². The third-order valence-corrected chi connectivity index (χ3v) is 3.51. The van der Waals surface area contributed by atoms with E-state index in [-0.39, 0.29) is 4.90 Å². The molecule has 0 aliphatic heterocycles. The van der Waals surface area contributed by atoms with Crippen LogP contribution < -0.4 is 4.90 Å². The quantitative estimate of drug-likeness (QED) is 0.851. The van der Waals surface area contributed by atoms with Crippen LogP contribution in [0.2, 0.25) is 0 Å². The van der Waals surface area contributed by atoms with Crippen LogP contribution in [-0.2, 0) is 10.1 Å². The first-order valence-corrected chi connectivity index (χ1v) is 7.59. The molecule has 5 heteroatoms. The second-order valence-electron chi connectivity index (χ2n) is 4.63. The highest BCUT2D eigenvalue weighted by Crippen LogP contribution is 2.08. The summed E-state index contributed by atoms with van der Waals surface area (Å²) in [5.74, 6) is 0. The van der Waals surface area contributed by atoms with Gasteiger partial charge in [0, 0.05) is 0 Å². The summed E-state index contributed by atoms with van der Waals surface area (Å²) in [6.45, 7) is 1.82. The van der Waals surface area contributed by atoms with Crippen molar-refractivity contribution in [3.8, 4) is 0 Å². The lowest BCUT2D eigenvalue weighted by molar-refractivity contribution is -0.786. The van der Waals surface area contributed by atoms with Gasteiger partial charge >= 0.3 is 0 Å². The Hall–Kier alpha value is -1.69. The number of nitrogens with one attached hydrogen (secondary N) is 1. The molecular weight excluding hydrogens is 274 g/mol. The van der Waals surface area contributed by atoms with Crippen molar-refractivity contribution in [3.05, 3.63) is 60.2 Å². The number of rotatable bonds is 2. The maximum Gasteiger partial charge on any atom is 0.130 e. The molecule has 0 atom stereocenters. The third kappa shape index (κ3) is 5.52. The van der Waals surface area contributed by atoms with Crippen molar-refractivity contribution in [1.82, 2.24) is 0 Å². The fraction of sp³-hybridized carbons (Fsp3) is 0.200. The van der Waals surface area contributed by atoms with E-state index in [0.717, 1.165) is 5.56 Å². The zero-order valence-electron chi connectivity index (χ0n) is 11.8. The molecule has 108 valence electrons. The SMILES string of the molecule is C[NH+](C)c1ccccc1.Cc1ccc(S(=O)(=O)[O-])cc1. The lowest BCUT2D eigenvalue weighted by atomic mass is 10.2. The highest BCUT2D eigenvalue weighted by atomic mass is 32.2. The standard InChI is InChI=1S/C8H11N.C7H8O3S/c1-9(2)8-6-4-3-5-7-8;1-6-2-4-7(5-3-6)11(8,9)10/h3-7H,1-2H3;2-5H,1H3,(H,8,9,10). The van der Waals surface area contributed by atoms with Crippen LogP contribution >= 0.6 is 0 Å². The fourth-order valence-electron chi connectivity index (χ4n) is 1.48. The molecule has 0 saturated heterocycles. The normalized spacial score (nSPS) is 10.8. The minimum atomic E-state index is -4.27. The lowest BCUT2D eigenvalue weighted by Gasteiger charge is -2.05. The molecule has 0 saturated carbocycles. The number of hydrogen-bond donors (Lipinski definition) is 1. The highest BCUT2D eigenvalue weighted by molar-refractivity contribution is 7.85. The van der Waals surface area contributed by atoms with E-state index in [2.05, 4.69) is 38.4 Å². The van der Waals surface area contributed by atoms with Gasteiger partial charge in [0.25, 0.3) is 0 Å². The van der Waals surface area contributed by atoms with Crippen LogP contribution in [0.4, 0.5) is 5.69 Å². The van der Waals surface area contributed by atoms with E-state index < -0.39 is 10.1 Å². The van der Waals surface area contributed by atoms with Crippen molar-refractivity contribution < 1.29 is 17.9 Å². The Morgan fingerprint density at radius 1 is 0.900 bits per heavy atom. The van der Waals surface area contributed by atoms with Gasteiger partial charge in [-0.2, -0.15) is 0 Å². The van der Waals surface area contributed by atoms with Crippen molar-refractivity contribution in [2.24, 2.45) is 0 Å². The van der Waals surface area contributed by atoms with Crippen molar-refractivity contribution >= 4 is 15.8 Å². The predicted octanol–water partition coefficient (Wildman–Crippen LogP) is 1.36. The van der Waals surface area contributed by atoms with Crippen molar-refractivity contribution in [2.75, 3.05) is 14.1 Å². The molecule has 4 nitrogen and oxygen atoms in total. The van der Waals surface area contributed by atoms with Crippen LogP contribution in [0, 0.1) is 6.92 Å². The molecule has 2 rings (SSSR count). The first kappa shape index (κ1) is 16.4. The zero-order chi connectivity index (χ0) is 15.2. The Bertz CT molecular complexity index is 620. The predicted molar refractivity (Wildman–Crippen MR) is 78.1 cm³/mol. The Morgan fingerprint density at radius 3 is 1.75 bits per heavy atom. The van der Waals surface area contributed by atoms with E-state index in [4.69, 9.17) is 0 Å². The van der Waals surface area contributed by atoms with E-state index >= 15 is 0 Å². The molecule has 0 aliphatic rings. The van der Waals surface area contributed by atoms with Gasteiger partial charge in [0.2, 0.25) is 0 Å². The molecule has 0 heterocycles. The van der Waals surface area contributed by atoms with Crippen LogP contribution in [0.1, 0.15) is 5.56 Å². The van der Waals surface area contributed by atoms with Gasteiger partial charge in [-0.05, 0) is 31.2 Å². The third-order valence-electron chi connectivity index (χ3n) is 2.66. The van der Waals surface area contributed by atoms with E-state index in [0.29, 0.717) is 0 Å². The summed E-state index contributed by atoms with van der Waals surface area (Å²) in [5, 5.41) is 0. The molecule has 0 aliphatic carbocycles. The number of benzene rings is 2. The largest absolute Gasteiger partial charge is 0.744 e. The zero-order valence-corrected chi connectivity index (χ0v) is 12.6. The van der Waals surface area contributed by atoms with Gasteiger partial charge in [0.15, 0.2) is 0 Å². The Labute approximate surface area is 120 Å². The monoisotopic (exact) mass is 293 g/mol. The molecule has 2 aromatic rings. The summed E-state index contributed by atoms with van der Waals surface area (Å²) in [7, 11) is -0.0288. The molecule has 0 aromatic heterocycles. The summed E-state index contributed by atoms with van der Waals surface area (Å²) < 4.78 is 31.2. The Kier molecular flexibility index (Phi) is 5.88. The minimum absolute atomic E-state index is 0.178. The molecule has 0 radical (unpaired) electrons. The van der Waals surface area contributed by atoms with Crippen LogP contribution in [0.3, 0.4) is 0 Å². The van der Waals surface area contributed by atoms with E-state index in [1.807, 2.05) is 13.0 Å². The summed E-state index contributed by atoms with van der Waals surface area (Å²) in [6, 6.07) is 16.2. The molecule has 2 aromatic carbocycles. The summed E-state index contributed by atoms with van der Waals surface area (Å²) in [6.07, 6.45) is 0. The molecule has 0 spiro atoms. The van der Waals surface area contributed by atoms with Gasteiger partial charge in [-0.1, -0.05) is 35.9 Å². The summed E-state index contributed by atoms with van der Waals surface area (Å²) in [4.78, 5) is 1.19. The molecule has 0 amide bonds. The Balaban J connectivity index is 0.000000204. The highest BCUT2D eigenvalue weighted by Gasteiger charge is 1.97. The van der Waals surface area contributed by atoms with Crippen LogP contribution in [0.15, 0.2) is 59.5 Å². The van der Waals surface area contributed by atoms with Crippen molar-refractivity contribution in [2.45, 2.75) is 11.8 Å². The molecule has 0 unspecified atom stereocenters. The minimum Gasteiger partial charge on any atom is -0.744 e. The average Bonchev–Trinajstić information content (AvgIpc) is 2.40. The molecule has 1 N–H and O–H groups in total. The molecule has 0 bridgehead atoms. The van der Waals surface area contributed by atoms with Gasteiger partial charge in [-0.15, -0.1) is 0 Å². The summed E-state index contributed by atoms with van der Waals surface area (Å²) >= 11 is 0. The maximum absolute atomic E-state index is 10.4. The van der Waals surface area contributed by atoms with Crippen LogP contribution in [-0.4, -0.2) is 27.1 Å². The van der Waals surface area contributed by atoms with Gasteiger partial charge in [-0.3, -0.25) is 0 Å².